The van der Waals surface area contributed by atoms with Crippen molar-refractivity contribution in [2.24, 2.45) is 0 Å². The zero-order chi connectivity index (χ0) is 13.1. The molecule has 1 amide bonds. The SMILES string of the molecule is CS(=O)(=O)CC(=O)Nc1cccc(C(=O)O)n1. The van der Waals surface area contributed by atoms with Crippen LogP contribution in [-0.4, -0.2) is 42.4 Å². The number of aromatic nitrogens is 1. The van der Waals surface area contributed by atoms with E-state index < -0.39 is 27.5 Å². The molecule has 1 rings (SSSR count). The summed E-state index contributed by atoms with van der Waals surface area (Å²) in [5.41, 5.74) is -0.234. The van der Waals surface area contributed by atoms with Crippen molar-refractivity contribution in [1.29, 1.82) is 0 Å². The summed E-state index contributed by atoms with van der Waals surface area (Å²) in [5.74, 6) is -2.67. The highest BCUT2D eigenvalue weighted by Crippen LogP contribution is 2.05. The van der Waals surface area contributed by atoms with Gasteiger partial charge >= 0.3 is 5.97 Å². The second-order valence-corrected chi connectivity index (χ2v) is 5.47. The molecule has 0 fully saturated rings. The molecule has 1 heterocycles. The Morgan fingerprint density at radius 2 is 2.06 bits per heavy atom. The Kier molecular flexibility index (Phi) is 3.79. The first kappa shape index (κ1) is 13.1. The number of nitrogens with one attached hydrogen (secondary N) is 1. The molecule has 0 aromatic carbocycles. The molecule has 8 heteroatoms. The summed E-state index contributed by atoms with van der Waals surface area (Å²) in [6, 6.07) is 4.02. The number of sulfone groups is 1. The third kappa shape index (κ3) is 4.60. The largest absolute Gasteiger partial charge is 0.477 e. The van der Waals surface area contributed by atoms with Crippen LogP contribution in [0, 0.1) is 0 Å². The fourth-order valence-corrected chi connectivity index (χ4v) is 1.59. The highest BCUT2D eigenvalue weighted by atomic mass is 32.2. The molecule has 1 aromatic heterocycles. The third-order valence-corrected chi connectivity index (χ3v) is 2.42. The van der Waals surface area contributed by atoms with E-state index in [1.807, 2.05) is 0 Å². The topological polar surface area (TPSA) is 113 Å². The smallest absolute Gasteiger partial charge is 0.354 e. The van der Waals surface area contributed by atoms with Gasteiger partial charge in [-0.15, -0.1) is 0 Å². The van der Waals surface area contributed by atoms with E-state index >= 15 is 0 Å². The number of carboxylic acids is 1. The molecule has 0 saturated heterocycles. The minimum absolute atomic E-state index is 0.00134. The number of anilines is 1. The predicted molar refractivity (Wildman–Crippen MR) is 59.5 cm³/mol. The van der Waals surface area contributed by atoms with Crippen LogP contribution in [0.5, 0.6) is 0 Å². The van der Waals surface area contributed by atoms with Crippen LogP contribution in [0.1, 0.15) is 10.5 Å². The summed E-state index contributed by atoms with van der Waals surface area (Å²) in [5, 5.41) is 10.9. The van der Waals surface area contributed by atoms with Gasteiger partial charge in [0.05, 0.1) is 0 Å². The third-order valence-electron chi connectivity index (χ3n) is 1.63. The number of aromatic carboxylic acids is 1. The summed E-state index contributed by atoms with van der Waals surface area (Å²) in [6.45, 7) is 0. The van der Waals surface area contributed by atoms with Crippen molar-refractivity contribution in [2.45, 2.75) is 0 Å². The number of hydrogen-bond acceptors (Lipinski definition) is 5. The summed E-state index contributed by atoms with van der Waals surface area (Å²) in [7, 11) is -3.43. The molecule has 0 aliphatic rings. The molecule has 17 heavy (non-hydrogen) atoms. The van der Waals surface area contributed by atoms with Gasteiger partial charge in [-0.1, -0.05) is 6.07 Å². The van der Waals surface area contributed by atoms with Crippen molar-refractivity contribution in [1.82, 2.24) is 4.98 Å². The van der Waals surface area contributed by atoms with Crippen molar-refractivity contribution in [3.05, 3.63) is 23.9 Å². The van der Waals surface area contributed by atoms with Gasteiger partial charge in [-0.05, 0) is 12.1 Å². The van der Waals surface area contributed by atoms with Crippen molar-refractivity contribution in [2.75, 3.05) is 17.3 Å². The van der Waals surface area contributed by atoms with Crippen LogP contribution in [0.25, 0.3) is 0 Å². The van der Waals surface area contributed by atoms with E-state index in [0.717, 1.165) is 6.26 Å². The van der Waals surface area contributed by atoms with E-state index in [-0.39, 0.29) is 11.5 Å². The van der Waals surface area contributed by atoms with Gasteiger partial charge < -0.3 is 10.4 Å². The van der Waals surface area contributed by atoms with E-state index in [9.17, 15) is 18.0 Å². The number of nitrogens with zero attached hydrogens (tertiary/aromatic N) is 1. The molecule has 2 N–H and O–H groups in total. The lowest BCUT2D eigenvalue weighted by Crippen LogP contribution is -2.22. The standard InChI is InChI=1S/C9H10N2O5S/c1-17(15,16)5-8(12)11-7-4-2-3-6(10-7)9(13)14/h2-4H,5H2,1H3,(H,13,14)(H,10,11,12). The molecule has 0 atom stereocenters. The zero-order valence-corrected chi connectivity index (χ0v) is 9.69. The van der Waals surface area contributed by atoms with Crippen molar-refractivity contribution in [3.8, 4) is 0 Å². The van der Waals surface area contributed by atoms with E-state index in [4.69, 9.17) is 5.11 Å². The fraction of sp³-hybridized carbons (Fsp3) is 0.222. The molecular formula is C9H10N2O5S. The number of hydrogen-bond donors (Lipinski definition) is 2. The van der Waals surface area contributed by atoms with E-state index in [1.165, 1.54) is 18.2 Å². The molecular weight excluding hydrogens is 248 g/mol. The number of rotatable bonds is 4. The molecule has 92 valence electrons. The zero-order valence-electron chi connectivity index (χ0n) is 8.87. The lowest BCUT2D eigenvalue weighted by molar-refractivity contribution is -0.113. The Hall–Kier alpha value is -1.96. The summed E-state index contributed by atoms with van der Waals surface area (Å²) in [4.78, 5) is 25.4. The molecule has 0 unspecified atom stereocenters. The van der Waals surface area contributed by atoms with Gasteiger partial charge in [0, 0.05) is 6.26 Å². The molecule has 0 saturated carbocycles. The van der Waals surface area contributed by atoms with Crippen LogP contribution in [0.4, 0.5) is 5.82 Å². The maximum Gasteiger partial charge on any atom is 0.354 e. The van der Waals surface area contributed by atoms with Crippen LogP contribution in [0.3, 0.4) is 0 Å². The Labute approximate surface area is 97.4 Å². The second kappa shape index (κ2) is 4.91. The van der Waals surface area contributed by atoms with Gasteiger partial charge in [0.2, 0.25) is 5.91 Å². The monoisotopic (exact) mass is 258 g/mol. The van der Waals surface area contributed by atoms with Crippen LogP contribution in [-0.2, 0) is 14.6 Å². The van der Waals surface area contributed by atoms with E-state index in [1.54, 1.807) is 0 Å². The van der Waals surface area contributed by atoms with E-state index in [2.05, 4.69) is 10.3 Å². The lowest BCUT2D eigenvalue weighted by atomic mass is 10.3. The minimum atomic E-state index is -3.43. The Bertz CT molecular complexity index is 552. The first-order valence-corrected chi connectivity index (χ1v) is 6.52. The predicted octanol–water partition coefficient (Wildman–Crippen LogP) is -0.237. The van der Waals surface area contributed by atoms with Crippen molar-refractivity contribution in [3.63, 3.8) is 0 Å². The first-order valence-electron chi connectivity index (χ1n) is 4.46. The Morgan fingerprint density at radius 1 is 1.41 bits per heavy atom. The molecule has 0 aliphatic carbocycles. The van der Waals surface area contributed by atoms with Gasteiger partial charge in [0.15, 0.2) is 15.5 Å². The summed E-state index contributed by atoms with van der Waals surface area (Å²) < 4.78 is 21.7. The lowest BCUT2D eigenvalue weighted by Gasteiger charge is -2.03. The number of carbonyl (C=O) groups is 2. The quantitative estimate of drug-likeness (QED) is 0.770. The Morgan fingerprint density at radius 3 is 2.59 bits per heavy atom. The van der Waals surface area contributed by atoms with Gasteiger partial charge in [-0.3, -0.25) is 4.79 Å². The van der Waals surface area contributed by atoms with Crippen LogP contribution < -0.4 is 5.32 Å². The number of amides is 1. The van der Waals surface area contributed by atoms with Gasteiger partial charge in [-0.2, -0.15) is 0 Å². The molecule has 0 radical (unpaired) electrons. The van der Waals surface area contributed by atoms with Crippen LogP contribution in [0.15, 0.2) is 18.2 Å². The molecule has 7 nitrogen and oxygen atoms in total. The summed E-state index contributed by atoms with van der Waals surface area (Å²) in [6.07, 6.45) is 0.924. The maximum absolute atomic E-state index is 11.2. The highest BCUT2D eigenvalue weighted by Gasteiger charge is 2.12. The van der Waals surface area contributed by atoms with E-state index in [0.29, 0.717) is 0 Å². The average molecular weight is 258 g/mol. The number of carbonyl (C=O) groups excluding carboxylic acids is 1. The first-order chi connectivity index (χ1) is 7.78. The highest BCUT2D eigenvalue weighted by molar-refractivity contribution is 7.91. The minimum Gasteiger partial charge on any atom is -0.477 e. The number of carboxylic acid groups (broad SMARTS) is 1. The number of pyridine rings is 1. The molecule has 1 aromatic rings. The molecule has 0 bridgehead atoms. The van der Waals surface area contributed by atoms with Crippen LogP contribution in [0.2, 0.25) is 0 Å². The maximum atomic E-state index is 11.2. The van der Waals surface area contributed by atoms with Gasteiger partial charge in [0.1, 0.15) is 11.6 Å². The second-order valence-electron chi connectivity index (χ2n) is 3.33. The Balaban J connectivity index is 2.79. The molecule has 0 spiro atoms. The summed E-state index contributed by atoms with van der Waals surface area (Å²) >= 11 is 0. The van der Waals surface area contributed by atoms with Crippen molar-refractivity contribution < 1.29 is 23.1 Å². The van der Waals surface area contributed by atoms with Gasteiger partial charge in [0.25, 0.3) is 0 Å². The average Bonchev–Trinajstić information content (AvgIpc) is 2.14. The fourth-order valence-electron chi connectivity index (χ4n) is 1.04. The molecule has 0 aliphatic heterocycles. The normalized spacial score (nSPS) is 10.9. The van der Waals surface area contributed by atoms with Crippen molar-refractivity contribution >= 4 is 27.5 Å². The van der Waals surface area contributed by atoms with Gasteiger partial charge in [-0.25, -0.2) is 18.2 Å². The van der Waals surface area contributed by atoms with Crippen LogP contribution >= 0.6 is 0 Å².